The van der Waals surface area contributed by atoms with Crippen LogP contribution in [0.2, 0.25) is 10.0 Å². The van der Waals surface area contributed by atoms with Crippen molar-refractivity contribution in [2.75, 3.05) is 18.1 Å². The zero-order chi connectivity index (χ0) is 20.7. The lowest BCUT2D eigenvalue weighted by Gasteiger charge is -2.22. The van der Waals surface area contributed by atoms with Crippen LogP contribution in [0.15, 0.2) is 36.4 Å². The summed E-state index contributed by atoms with van der Waals surface area (Å²) < 4.78 is 5.13. The van der Waals surface area contributed by atoms with Crippen molar-refractivity contribution < 1.29 is 14.3 Å². The number of halogens is 2. The second kappa shape index (κ2) is 10.1. The number of nitriles is 1. The molecule has 0 saturated carbocycles. The topological polar surface area (TPSA) is 70.4 Å². The van der Waals surface area contributed by atoms with E-state index in [0.29, 0.717) is 21.3 Å². The van der Waals surface area contributed by atoms with Crippen LogP contribution in [-0.2, 0) is 20.7 Å². The fourth-order valence-electron chi connectivity index (χ4n) is 2.76. The molecule has 7 heteroatoms. The number of ether oxygens (including phenoxy) is 1. The maximum Gasteiger partial charge on any atom is 0.310 e. The molecule has 0 atom stereocenters. The first-order chi connectivity index (χ1) is 13.3. The Labute approximate surface area is 174 Å². The van der Waals surface area contributed by atoms with Crippen LogP contribution in [0.3, 0.4) is 0 Å². The second-order valence-corrected chi connectivity index (χ2v) is 7.22. The molecular formula is C21H20Cl2N2O3. The number of hydrogen-bond donors (Lipinski definition) is 0. The van der Waals surface area contributed by atoms with E-state index >= 15 is 0 Å². The Bertz CT molecular complexity index is 902. The molecule has 28 heavy (non-hydrogen) atoms. The predicted molar refractivity (Wildman–Crippen MR) is 110 cm³/mol. The molecule has 1 amide bonds. The van der Waals surface area contributed by atoms with E-state index in [1.165, 1.54) is 4.90 Å². The molecular weight excluding hydrogens is 399 g/mol. The Kier molecular flexibility index (Phi) is 7.86. The number of nitrogens with zero attached hydrogens (tertiary/aromatic N) is 2. The van der Waals surface area contributed by atoms with Gasteiger partial charge in [-0.3, -0.25) is 9.59 Å². The fourth-order valence-corrected chi connectivity index (χ4v) is 3.23. The van der Waals surface area contributed by atoms with Crippen LogP contribution in [0.25, 0.3) is 0 Å². The number of carbonyl (C=O) groups is 2. The SMILES string of the molecule is Cc1cc(C)cc(N(CCC#N)C(=O)COC(=O)Cc2ccc(Cl)cc2Cl)c1. The summed E-state index contributed by atoms with van der Waals surface area (Å²) in [5, 5.41) is 9.72. The molecule has 0 heterocycles. The Balaban J connectivity index is 2.04. The molecule has 5 nitrogen and oxygen atoms in total. The van der Waals surface area contributed by atoms with Gasteiger partial charge in [0.15, 0.2) is 6.61 Å². The number of carbonyl (C=O) groups excluding carboxylic acids is 2. The number of hydrogen-bond acceptors (Lipinski definition) is 4. The average molecular weight is 419 g/mol. The van der Waals surface area contributed by atoms with Gasteiger partial charge < -0.3 is 9.64 Å². The summed E-state index contributed by atoms with van der Waals surface area (Å²) in [5.74, 6) is -0.964. The molecule has 0 aliphatic heterocycles. The molecule has 0 aliphatic carbocycles. The van der Waals surface area contributed by atoms with Crippen LogP contribution in [-0.4, -0.2) is 25.0 Å². The van der Waals surface area contributed by atoms with Gasteiger partial charge in [0.05, 0.1) is 18.9 Å². The molecule has 0 spiro atoms. The second-order valence-electron chi connectivity index (χ2n) is 6.37. The van der Waals surface area contributed by atoms with Crippen molar-refractivity contribution in [2.45, 2.75) is 26.7 Å². The third-order valence-corrected chi connectivity index (χ3v) is 4.56. The van der Waals surface area contributed by atoms with E-state index in [2.05, 4.69) is 0 Å². The number of benzene rings is 2. The fraction of sp³-hybridized carbons (Fsp3) is 0.286. The molecule has 0 saturated heterocycles. The lowest BCUT2D eigenvalue weighted by molar-refractivity contribution is -0.147. The van der Waals surface area contributed by atoms with E-state index < -0.39 is 18.5 Å². The Morgan fingerprint density at radius 1 is 1.11 bits per heavy atom. The van der Waals surface area contributed by atoms with Crippen molar-refractivity contribution in [1.29, 1.82) is 5.26 Å². The molecule has 146 valence electrons. The minimum absolute atomic E-state index is 0.0645. The monoisotopic (exact) mass is 418 g/mol. The van der Waals surface area contributed by atoms with Crippen LogP contribution < -0.4 is 4.90 Å². The number of amides is 1. The minimum atomic E-state index is -0.571. The van der Waals surface area contributed by atoms with Crippen LogP contribution in [0, 0.1) is 25.2 Å². The van der Waals surface area contributed by atoms with E-state index in [9.17, 15) is 9.59 Å². The smallest absolute Gasteiger partial charge is 0.310 e. The first-order valence-electron chi connectivity index (χ1n) is 8.65. The summed E-state index contributed by atoms with van der Waals surface area (Å²) in [6, 6.07) is 12.6. The predicted octanol–water partition coefficient (Wildman–Crippen LogP) is 4.64. The molecule has 2 aromatic carbocycles. The number of aryl methyl sites for hydroxylation is 2. The van der Waals surface area contributed by atoms with Crippen molar-refractivity contribution in [3.8, 4) is 6.07 Å². The van der Waals surface area contributed by atoms with Crippen molar-refractivity contribution in [3.05, 3.63) is 63.1 Å². The molecule has 2 aromatic rings. The third-order valence-electron chi connectivity index (χ3n) is 3.97. The molecule has 0 aliphatic rings. The number of anilines is 1. The molecule has 0 N–H and O–H groups in total. The summed E-state index contributed by atoms with van der Waals surface area (Å²) in [6.45, 7) is 3.67. The van der Waals surface area contributed by atoms with Gasteiger partial charge in [0.1, 0.15) is 0 Å². The maximum absolute atomic E-state index is 12.6. The highest BCUT2D eigenvalue weighted by molar-refractivity contribution is 6.35. The molecule has 2 rings (SSSR count). The highest BCUT2D eigenvalue weighted by Gasteiger charge is 2.18. The summed E-state index contributed by atoms with van der Waals surface area (Å²) >= 11 is 11.9. The van der Waals surface area contributed by atoms with E-state index in [1.54, 1.807) is 18.2 Å². The normalized spacial score (nSPS) is 10.2. The summed E-state index contributed by atoms with van der Waals surface area (Å²) in [7, 11) is 0. The molecule has 0 aromatic heterocycles. The van der Waals surface area contributed by atoms with E-state index in [-0.39, 0.29) is 19.4 Å². The average Bonchev–Trinajstić information content (AvgIpc) is 2.62. The van der Waals surface area contributed by atoms with Gasteiger partial charge in [-0.25, -0.2) is 0 Å². The van der Waals surface area contributed by atoms with Crippen molar-refractivity contribution in [3.63, 3.8) is 0 Å². The summed E-state index contributed by atoms with van der Waals surface area (Å²) in [4.78, 5) is 26.2. The first kappa shape index (κ1) is 21.7. The van der Waals surface area contributed by atoms with Gasteiger partial charge in [-0.2, -0.15) is 5.26 Å². The molecule has 0 fully saturated rings. The first-order valence-corrected chi connectivity index (χ1v) is 9.41. The van der Waals surface area contributed by atoms with Gasteiger partial charge in [-0.15, -0.1) is 0 Å². The molecule has 0 radical (unpaired) electrons. The maximum atomic E-state index is 12.6. The Morgan fingerprint density at radius 2 is 1.79 bits per heavy atom. The van der Waals surface area contributed by atoms with Crippen LogP contribution >= 0.6 is 23.2 Å². The van der Waals surface area contributed by atoms with Gasteiger partial charge >= 0.3 is 5.97 Å². The highest BCUT2D eigenvalue weighted by Crippen LogP contribution is 2.22. The van der Waals surface area contributed by atoms with Crippen molar-refractivity contribution >= 4 is 40.8 Å². The Hall–Kier alpha value is -2.55. The van der Waals surface area contributed by atoms with Crippen LogP contribution in [0.4, 0.5) is 5.69 Å². The zero-order valence-corrected chi connectivity index (χ0v) is 17.2. The van der Waals surface area contributed by atoms with Crippen LogP contribution in [0.5, 0.6) is 0 Å². The number of esters is 1. The van der Waals surface area contributed by atoms with Gasteiger partial charge in [0.2, 0.25) is 0 Å². The van der Waals surface area contributed by atoms with Gasteiger partial charge in [0, 0.05) is 22.3 Å². The molecule has 0 bridgehead atoms. The van der Waals surface area contributed by atoms with Crippen LogP contribution in [0.1, 0.15) is 23.1 Å². The van der Waals surface area contributed by atoms with E-state index in [4.69, 9.17) is 33.2 Å². The summed E-state index contributed by atoms with van der Waals surface area (Å²) in [6.07, 6.45) is 0.109. The lowest BCUT2D eigenvalue weighted by atomic mass is 10.1. The standard InChI is InChI=1S/C21H20Cl2N2O3/c1-14-8-15(2)10-18(9-14)25(7-3-6-24)20(26)13-28-21(27)11-16-4-5-17(22)12-19(16)23/h4-5,8-10,12H,3,7,11,13H2,1-2H3. The quantitative estimate of drug-likeness (QED) is 0.613. The van der Waals surface area contributed by atoms with Gasteiger partial charge in [0.25, 0.3) is 5.91 Å². The van der Waals surface area contributed by atoms with E-state index in [1.807, 2.05) is 38.1 Å². The van der Waals surface area contributed by atoms with Crippen molar-refractivity contribution in [2.24, 2.45) is 0 Å². The largest absolute Gasteiger partial charge is 0.455 e. The van der Waals surface area contributed by atoms with Gasteiger partial charge in [-0.1, -0.05) is 35.3 Å². The summed E-state index contributed by atoms with van der Waals surface area (Å²) in [5.41, 5.74) is 3.24. The van der Waals surface area contributed by atoms with Crippen molar-refractivity contribution in [1.82, 2.24) is 0 Å². The van der Waals surface area contributed by atoms with E-state index in [0.717, 1.165) is 11.1 Å². The Morgan fingerprint density at radius 3 is 2.39 bits per heavy atom. The lowest BCUT2D eigenvalue weighted by Crippen LogP contribution is -2.35. The highest BCUT2D eigenvalue weighted by atomic mass is 35.5. The zero-order valence-electron chi connectivity index (χ0n) is 15.7. The molecule has 0 unspecified atom stereocenters. The number of rotatable bonds is 7. The minimum Gasteiger partial charge on any atom is -0.455 e. The third kappa shape index (κ3) is 6.26. The van der Waals surface area contributed by atoms with Gasteiger partial charge in [-0.05, 0) is 54.8 Å².